The molecule has 1 fully saturated rings. The maximum Gasteiger partial charge on any atom is 0.274 e. The first-order chi connectivity index (χ1) is 16.4. The SMILES string of the molecule is Nc1ncc(-c2cccc(NC(=O)Cc3ccc(F)cc3F)c2)nc1C(=O)NC1CCCNC1. The first-order valence-electron chi connectivity index (χ1n) is 10.9. The highest BCUT2D eigenvalue weighted by molar-refractivity contribution is 5.97. The Labute approximate surface area is 195 Å². The first kappa shape index (κ1) is 23.2. The van der Waals surface area contributed by atoms with Crippen molar-refractivity contribution in [1.29, 1.82) is 0 Å². The molecule has 0 saturated carbocycles. The molecule has 0 radical (unpaired) electrons. The average molecular weight is 466 g/mol. The van der Waals surface area contributed by atoms with E-state index in [1.165, 1.54) is 12.3 Å². The molecule has 2 amide bonds. The van der Waals surface area contributed by atoms with E-state index < -0.39 is 23.4 Å². The molecule has 1 aromatic heterocycles. The molecule has 4 rings (SSSR count). The molecule has 1 aliphatic heterocycles. The van der Waals surface area contributed by atoms with Crippen LogP contribution in [0.25, 0.3) is 11.3 Å². The third-order valence-electron chi connectivity index (χ3n) is 5.46. The van der Waals surface area contributed by atoms with Crippen molar-refractivity contribution < 1.29 is 18.4 Å². The van der Waals surface area contributed by atoms with Gasteiger partial charge in [0.25, 0.3) is 5.91 Å². The average Bonchev–Trinajstić information content (AvgIpc) is 2.82. The summed E-state index contributed by atoms with van der Waals surface area (Å²) >= 11 is 0. The number of nitrogen functional groups attached to an aromatic ring is 1. The van der Waals surface area contributed by atoms with E-state index >= 15 is 0 Å². The third-order valence-corrected chi connectivity index (χ3v) is 5.46. The van der Waals surface area contributed by atoms with Crippen LogP contribution in [0.5, 0.6) is 0 Å². The normalized spacial score (nSPS) is 15.5. The summed E-state index contributed by atoms with van der Waals surface area (Å²) in [5.74, 6) is -2.33. The van der Waals surface area contributed by atoms with Crippen LogP contribution in [-0.2, 0) is 11.2 Å². The van der Waals surface area contributed by atoms with Gasteiger partial charge in [-0.1, -0.05) is 18.2 Å². The quantitative estimate of drug-likeness (QED) is 0.443. The number of amides is 2. The topological polar surface area (TPSA) is 122 Å². The molecule has 3 aromatic rings. The summed E-state index contributed by atoms with van der Waals surface area (Å²) in [5.41, 5.74) is 7.48. The molecule has 2 aromatic carbocycles. The van der Waals surface area contributed by atoms with Crippen LogP contribution in [0.3, 0.4) is 0 Å². The van der Waals surface area contributed by atoms with Crippen molar-refractivity contribution >= 4 is 23.3 Å². The number of nitrogens with two attached hydrogens (primary N) is 1. The first-order valence-corrected chi connectivity index (χ1v) is 10.9. The van der Waals surface area contributed by atoms with Gasteiger partial charge in [-0.25, -0.2) is 18.7 Å². The molecule has 8 nitrogen and oxygen atoms in total. The predicted octanol–water partition coefficient (Wildman–Crippen LogP) is 2.67. The lowest BCUT2D eigenvalue weighted by molar-refractivity contribution is -0.115. The van der Waals surface area contributed by atoms with Crippen molar-refractivity contribution in [3.63, 3.8) is 0 Å². The zero-order chi connectivity index (χ0) is 24.1. The lowest BCUT2D eigenvalue weighted by atomic mass is 10.1. The van der Waals surface area contributed by atoms with E-state index in [2.05, 4.69) is 25.9 Å². The molecule has 5 N–H and O–H groups in total. The number of rotatable bonds is 6. The van der Waals surface area contributed by atoms with Gasteiger partial charge in [-0.2, -0.15) is 0 Å². The summed E-state index contributed by atoms with van der Waals surface area (Å²) in [4.78, 5) is 33.6. The van der Waals surface area contributed by atoms with Crippen LogP contribution in [0.1, 0.15) is 28.9 Å². The highest BCUT2D eigenvalue weighted by Crippen LogP contribution is 2.22. The fourth-order valence-electron chi connectivity index (χ4n) is 3.73. The van der Waals surface area contributed by atoms with E-state index in [9.17, 15) is 18.4 Å². The molecule has 1 saturated heterocycles. The van der Waals surface area contributed by atoms with E-state index in [1.54, 1.807) is 24.3 Å². The Kier molecular flexibility index (Phi) is 7.07. The van der Waals surface area contributed by atoms with Crippen molar-refractivity contribution in [3.05, 3.63) is 71.6 Å². The van der Waals surface area contributed by atoms with Crippen molar-refractivity contribution in [2.75, 3.05) is 24.1 Å². The molecule has 34 heavy (non-hydrogen) atoms. The van der Waals surface area contributed by atoms with Gasteiger partial charge in [0.2, 0.25) is 5.91 Å². The van der Waals surface area contributed by atoms with E-state index in [0.29, 0.717) is 23.5 Å². The Hall–Kier alpha value is -3.92. The van der Waals surface area contributed by atoms with Crippen LogP contribution in [0, 0.1) is 11.6 Å². The molecule has 0 bridgehead atoms. The summed E-state index contributed by atoms with van der Waals surface area (Å²) in [6, 6.07) is 9.85. The van der Waals surface area contributed by atoms with Crippen molar-refractivity contribution in [1.82, 2.24) is 20.6 Å². The number of carbonyl (C=O) groups is 2. The number of anilines is 2. The standard InChI is InChI=1S/C24H24F2N6O2/c25-16-7-6-14(19(26)11-16)10-21(33)30-17-4-1-3-15(9-17)20-13-29-23(27)22(32-20)24(34)31-18-5-2-8-28-12-18/h1,3-4,6-7,9,11,13,18,28H,2,5,8,10,12H2,(H2,27,29)(H,30,33)(H,31,34). The van der Waals surface area contributed by atoms with Gasteiger partial charge < -0.3 is 21.7 Å². The summed E-state index contributed by atoms with van der Waals surface area (Å²) in [6.45, 7) is 1.61. The second kappa shape index (κ2) is 10.3. The number of nitrogens with zero attached hydrogens (tertiary/aromatic N) is 2. The Morgan fingerprint density at radius 2 is 2.03 bits per heavy atom. The van der Waals surface area contributed by atoms with Crippen LogP contribution >= 0.6 is 0 Å². The predicted molar refractivity (Wildman–Crippen MR) is 124 cm³/mol. The monoisotopic (exact) mass is 466 g/mol. The lowest BCUT2D eigenvalue weighted by Crippen LogP contribution is -2.46. The Bertz CT molecular complexity index is 1210. The molecule has 0 aliphatic carbocycles. The number of hydrogen-bond acceptors (Lipinski definition) is 6. The van der Waals surface area contributed by atoms with Gasteiger partial charge in [-0.3, -0.25) is 9.59 Å². The van der Waals surface area contributed by atoms with Gasteiger partial charge in [0.05, 0.1) is 18.3 Å². The smallest absolute Gasteiger partial charge is 0.274 e. The van der Waals surface area contributed by atoms with E-state index in [-0.39, 0.29) is 29.5 Å². The minimum atomic E-state index is -0.782. The largest absolute Gasteiger partial charge is 0.382 e. The van der Waals surface area contributed by atoms with Gasteiger partial charge in [0, 0.05) is 29.9 Å². The van der Waals surface area contributed by atoms with Gasteiger partial charge >= 0.3 is 0 Å². The molecule has 1 unspecified atom stereocenters. The maximum absolute atomic E-state index is 13.8. The summed E-state index contributed by atoms with van der Waals surface area (Å²) in [7, 11) is 0. The summed E-state index contributed by atoms with van der Waals surface area (Å²) in [5, 5.41) is 8.85. The van der Waals surface area contributed by atoms with E-state index in [0.717, 1.165) is 31.5 Å². The fourth-order valence-corrected chi connectivity index (χ4v) is 3.73. The third kappa shape index (κ3) is 5.70. The molecule has 1 aliphatic rings. The zero-order valence-electron chi connectivity index (χ0n) is 18.3. The van der Waals surface area contributed by atoms with Crippen LogP contribution in [0.2, 0.25) is 0 Å². The van der Waals surface area contributed by atoms with Crippen LogP contribution in [-0.4, -0.2) is 40.9 Å². The minimum Gasteiger partial charge on any atom is -0.382 e. The number of piperidine rings is 1. The lowest BCUT2D eigenvalue weighted by Gasteiger charge is -2.23. The van der Waals surface area contributed by atoms with E-state index in [1.807, 2.05) is 0 Å². The van der Waals surface area contributed by atoms with Crippen molar-refractivity contribution in [3.8, 4) is 11.3 Å². The van der Waals surface area contributed by atoms with Gasteiger partial charge in [-0.05, 0) is 43.1 Å². The fraction of sp³-hybridized carbons (Fsp3) is 0.250. The van der Waals surface area contributed by atoms with Crippen LogP contribution in [0.15, 0.2) is 48.7 Å². The number of nitrogens with one attached hydrogen (secondary N) is 3. The number of halogens is 2. The minimum absolute atomic E-state index is 0.00408. The number of carbonyl (C=O) groups excluding carboxylic acids is 2. The zero-order valence-corrected chi connectivity index (χ0v) is 18.3. The van der Waals surface area contributed by atoms with Crippen LogP contribution < -0.4 is 21.7 Å². The van der Waals surface area contributed by atoms with Gasteiger partial charge in [0.15, 0.2) is 11.5 Å². The van der Waals surface area contributed by atoms with Gasteiger partial charge in [-0.15, -0.1) is 0 Å². The molecular weight excluding hydrogens is 442 g/mol. The second-order valence-corrected chi connectivity index (χ2v) is 8.05. The van der Waals surface area contributed by atoms with E-state index in [4.69, 9.17) is 5.73 Å². The number of benzene rings is 2. The van der Waals surface area contributed by atoms with Crippen LogP contribution in [0.4, 0.5) is 20.3 Å². The van der Waals surface area contributed by atoms with Crippen molar-refractivity contribution in [2.24, 2.45) is 0 Å². The molecule has 0 spiro atoms. The van der Waals surface area contributed by atoms with Gasteiger partial charge in [0.1, 0.15) is 11.6 Å². The highest BCUT2D eigenvalue weighted by atomic mass is 19.1. The molecular formula is C24H24F2N6O2. The second-order valence-electron chi connectivity index (χ2n) is 8.05. The van der Waals surface area contributed by atoms with Crippen molar-refractivity contribution in [2.45, 2.75) is 25.3 Å². The molecule has 10 heteroatoms. The Balaban J connectivity index is 1.48. The highest BCUT2D eigenvalue weighted by Gasteiger charge is 2.20. The number of aromatic nitrogens is 2. The molecule has 2 heterocycles. The maximum atomic E-state index is 13.8. The Morgan fingerprint density at radius 1 is 1.18 bits per heavy atom. The molecule has 1 atom stereocenters. The summed E-state index contributed by atoms with van der Waals surface area (Å²) in [6.07, 6.45) is 3.04. The number of hydrogen-bond donors (Lipinski definition) is 4. The summed E-state index contributed by atoms with van der Waals surface area (Å²) < 4.78 is 26.9. The molecule has 176 valence electrons. The Morgan fingerprint density at radius 3 is 2.79 bits per heavy atom.